The number of hydrogen-bond donors (Lipinski definition) is 3. The average molecular weight is 417 g/mol. The van der Waals surface area contributed by atoms with Crippen LogP contribution in [-0.4, -0.2) is 39.8 Å². The van der Waals surface area contributed by atoms with E-state index >= 15 is 0 Å². The summed E-state index contributed by atoms with van der Waals surface area (Å²) in [5.74, 6) is -1.31. The number of H-pyrrole nitrogens is 2. The SMILES string of the molecule is CC(=O)N[C@@H](Cc1c[nH]c2ccccc12)C(=O)O[C@@H](C)C(=O)c1c[nH]c2ccccc12. The van der Waals surface area contributed by atoms with Crippen LogP contribution in [0.2, 0.25) is 0 Å². The van der Waals surface area contributed by atoms with Crippen LogP contribution in [0.1, 0.15) is 29.8 Å². The van der Waals surface area contributed by atoms with Gasteiger partial charge in [-0.3, -0.25) is 9.59 Å². The van der Waals surface area contributed by atoms with Crippen molar-refractivity contribution >= 4 is 39.5 Å². The molecule has 0 saturated carbocycles. The van der Waals surface area contributed by atoms with Gasteiger partial charge < -0.3 is 20.0 Å². The molecule has 0 bridgehead atoms. The topological polar surface area (TPSA) is 104 Å². The summed E-state index contributed by atoms with van der Waals surface area (Å²) < 4.78 is 5.48. The van der Waals surface area contributed by atoms with Gasteiger partial charge in [-0.1, -0.05) is 36.4 Å². The number of fused-ring (bicyclic) bond motifs is 2. The summed E-state index contributed by atoms with van der Waals surface area (Å²) in [6.45, 7) is 2.88. The van der Waals surface area contributed by atoms with E-state index in [1.165, 1.54) is 6.92 Å². The van der Waals surface area contributed by atoms with E-state index in [-0.39, 0.29) is 18.1 Å². The van der Waals surface area contributed by atoms with E-state index in [1.54, 1.807) is 13.1 Å². The molecule has 4 rings (SSSR count). The number of esters is 1. The Hall–Kier alpha value is -3.87. The number of para-hydroxylation sites is 2. The van der Waals surface area contributed by atoms with Crippen molar-refractivity contribution < 1.29 is 19.1 Å². The van der Waals surface area contributed by atoms with E-state index in [2.05, 4.69) is 15.3 Å². The van der Waals surface area contributed by atoms with Gasteiger partial charge in [-0.05, 0) is 24.6 Å². The van der Waals surface area contributed by atoms with Crippen LogP contribution in [0, 0.1) is 0 Å². The summed E-state index contributed by atoms with van der Waals surface area (Å²) >= 11 is 0. The van der Waals surface area contributed by atoms with Crippen molar-refractivity contribution in [1.29, 1.82) is 0 Å². The monoisotopic (exact) mass is 417 g/mol. The minimum atomic E-state index is -0.995. The molecule has 0 aliphatic heterocycles. The summed E-state index contributed by atoms with van der Waals surface area (Å²) in [6.07, 6.45) is 2.68. The van der Waals surface area contributed by atoms with Crippen LogP contribution in [0.5, 0.6) is 0 Å². The number of carbonyl (C=O) groups is 3. The van der Waals surface area contributed by atoms with Gasteiger partial charge in [0.05, 0.1) is 0 Å². The third-order valence-electron chi connectivity index (χ3n) is 5.28. The molecule has 7 heteroatoms. The van der Waals surface area contributed by atoms with E-state index < -0.39 is 18.1 Å². The highest BCUT2D eigenvalue weighted by Gasteiger charge is 2.28. The van der Waals surface area contributed by atoms with E-state index in [0.717, 1.165) is 27.4 Å². The quantitative estimate of drug-likeness (QED) is 0.316. The van der Waals surface area contributed by atoms with Crippen molar-refractivity contribution in [1.82, 2.24) is 15.3 Å². The highest BCUT2D eigenvalue weighted by molar-refractivity contribution is 6.10. The Kier molecular flexibility index (Phi) is 5.58. The van der Waals surface area contributed by atoms with Gasteiger partial charge in [-0.25, -0.2) is 4.79 Å². The first kappa shape index (κ1) is 20.4. The van der Waals surface area contributed by atoms with Crippen LogP contribution >= 0.6 is 0 Å². The van der Waals surface area contributed by atoms with Gasteiger partial charge in [-0.2, -0.15) is 0 Å². The second kappa shape index (κ2) is 8.47. The van der Waals surface area contributed by atoms with Crippen molar-refractivity contribution in [2.45, 2.75) is 32.4 Å². The molecule has 158 valence electrons. The number of benzene rings is 2. The summed E-state index contributed by atoms with van der Waals surface area (Å²) in [7, 11) is 0. The second-order valence-corrected chi connectivity index (χ2v) is 7.51. The number of aromatic nitrogens is 2. The summed E-state index contributed by atoms with van der Waals surface area (Å²) in [5.41, 5.74) is 3.11. The Bertz CT molecular complexity index is 1270. The number of ketones is 1. The fourth-order valence-electron chi connectivity index (χ4n) is 3.76. The van der Waals surface area contributed by atoms with Gasteiger partial charge in [-0.15, -0.1) is 0 Å². The molecule has 3 N–H and O–H groups in total. The number of rotatable bonds is 7. The maximum absolute atomic E-state index is 12.9. The third-order valence-corrected chi connectivity index (χ3v) is 5.28. The molecule has 0 fully saturated rings. The Balaban J connectivity index is 1.51. The van der Waals surface area contributed by atoms with Gasteiger partial charge in [0.1, 0.15) is 6.04 Å². The van der Waals surface area contributed by atoms with Crippen LogP contribution < -0.4 is 5.32 Å². The molecule has 0 radical (unpaired) electrons. The van der Waals surface area contributed by atoms with E-state index in [1.807, 2.05) is 54.7 Å². The summed E-state index contributed by atoms with van der Waals surface area (Å²) in [5, 5.41) is 4.38. The Morgan fingerprint density at radius 3 is 2.26 bits per heavy atom. The predicted molar refractivity (Wildman–Crippen MR) is 118 cm³/mol. The Morgan fingerprint density at radius 1 is 0.935 bits per heavy atom. The van der Waals surface area contributed by atoms with E-state index in [9.17, 15) is 14.4 Å². The highest BCUT2D eigenvalue weighted by atomic mass is 16.5. The zero-order valence-corrected chi connectivity index (χ0v) is 17.3. The lowest BCUT2D eigenvalue weighted by Crippen LogP contribution is -2.44. The van der Waals surface area contributed by atoms with Crippen molar-refractivity contribution in [3.63, 3.8) is 0 Å². The molecule has 0 spiro atoms. The Labute approximate surface area is 178 Å². The van der Waals surface area contributed by atoms with Crippen molar-refractivity contribution in [2.75, 3.05) is 0 Å². The first-order chi connectivity index (χ1) is 14.9. The van der Waals surface area contributed by atoms with E-state index in [4.69, 9.17) is 4.74 Å². The molecule has 2 aromatic carbocycles. The van der Waals surface area contributed by atoms with Crippen LogP contribution in [0.25, 0.3) is 21.8 Å². The number of hydrogen-bond acceptors (Lipinski definition) is 4. The molecule has 0 unspecified atom stereocenters. The first-order valence-electron chi connectivity index (χ1n) is 10.1. The zero-order chi connectivity index (χ0) is 22.0. The number of ether oxygens (including phenoxy) is 1. The van der Waals surface area contributed by atoms with Crippen LogP contribution in [-0.2, 0) is 20.7 Å². The van der Waals surface area contributed by atoms with Crippen molar-refractivity contribution in [3.8, 4) is 0 Å². The van der Waals surface area contributed by atoms with Crippen molar-refractivity contribution in [3.05, 3.63) is 72.1 Å². The maximum Gasteiger partial charge on any atom is 0.329 e. The van der Waals surface area contributed by atoms with Crippen molar-refractivity contribution in [2.24, 2.45) is 0 Å². The lowest BCUT2D eigenvalue weighted by Gasteiger charge is -2.19. The largest absolute Gasteiger partial charge is 0.453 e. The summed E-state index contributed by atoms with van der Waals surface area (Å²) in [6, 6.07) is 14.2. The van der Waals surface area contributed by atoms with Gasteiger partial charge in [0.25, 0.3) is 0 Å². The molecular weight excluding hydrogens is 394 g/mol. The third kappa shape index (κ3) is 4.21. The standard InChI is InChI=1S/C24H23N3O4/c1-14(23(29)19-13-26-21-10-6-4-8-18(19)21)31-24(30)22(27-15(2)28)11-16-12-25-20-9-5-3-7-17(16)20/h3-10,12-14,22,25-26H,11H2,1-2H3,(H,27,28)/t14-,22-/m0/s1. The summed E-state index contributed by atoms with van der Waals surface area (Å²) in [4.78, 5) is 43.7. The molecule has 0 saturated heterocycles. The molecule has 0 aliphatic carbocycles. The average Bonchev–Trinajstić information content (AvgIpc) is 3.37. The van der Waals surface area contributed by atoms with E-state index in [0.29, 0.717) is 5.56 Å². The molecule has 2 heterocycles. The number of nitrogens with one attached hydrogen (secondary N) is 3. The molecule has 31 heavy (non-hydrogen) atoms. The molecule has 4 aromatic rings. The minimum Gasteiger partial charge on any atom is -0.453 e. The van der Waals surface area contributed by atoms with Gasteiger partial charge >= 0.3 is 5.97 Å². The van der Waals surface area contributed by atoms with Crippen LogP contribution in [0.4, 0.5) is 0 Å². The Morgan fingerprint density at radius 2 is 1.55 bits per heavy atom. The fourth-order valence-corrected chi connectivity index (χ4v) is 3.76. The molecule has 1 amide bonds. The number of carbonyl (C=O) groups excluding carboxylic acids is 3. The number of Topliss-reactive ketones (excluding diaryl/α,β-unsaturated/α-hetero) is 1. The molecular formula is C24H23N3O4. The second-order valence-electron chi connectivity index (χ2n) is 7.51. The highest BCUT2D eigenvalue weighted by Crippen LogP contribution is 2.22. The van der Waals surface area contributed by atoms with Gasteiger partial charge in [0, 0.05) is 53.1 Å². The predicted octanol–water partition coefficient (Wildman–Crippen LogP) is 3.51. The molecule has 0 aliphatic rings. The smallest absolute Gasteiger partial charge is 0.329 e. The number of amides is 1. The number of aromatic amines is 2. The molecule has 2 atom stereocenters. The normalized spacial score (nSPS) is 13.1. The minimum absolute atomic E-state index is 0.246. The fraction of sp³-hybridized carbons (Fsp3) is 0.208. The zero-order valence-electron chi connectivity index (χ0n) is 17.3. The maximum atomic E-state index is 12.9. The lowest BCUT2D eigenvalue weighted by molar-refractivity contribution is -0.150. The van der Waals surface area contributed by atoms with Crippen LogP contribution in [0.15, 0.2) is 60.9 Å². The molecule has 2 aromatic heterocycles. The van der Waals surface area contributed by atoms with Gasteiger partial charge in [0.15, 0.2) is 6.10 Å². The first-order valence-corrected chi connectivity index (χ1v) is 10.1. The lowest BCUT2D eigenvalue weighted by atomic mass is 10.0. The van der Waals surface area contributed by atoms with Crippen LogP contribution in [0.3, 0.4) is 0 Å². The molecule has 7 nitrogen and oxygen atoms in total. The van der Waals surface area contributed by atoms with Gasteiger partial charge in [0.2, 0.25) is 11.7 Å².